The average molecular weight is 498 g/mol. The van der Waals surface area contributed by atoms with Crippen molar-refractivity contribution < 1.29 is 13.2 Å². The number of nitrogens with zero attached hydrogens (tertiary/aromatic N) is 1. The van der Waals surface area contributed by atoms with E-state index in [1.807, 2.05) is 24.3 Å². The fourth-order valence-corrected chi connectivity index (χ4v) is 6.59. The first-order valence-corrected chi connectivity index (χ1v) is 14.2. The lowest BCUT2D eigenvalue weighted by atomic mass is 9.77. The van der Waals surface area contributed by atoms with E-state index >= 15 is 0 Å². The van der Waals surface area contributed by atoms with E-state index in [1.54, 1.807) is 12.1 Å². The number of rotatable bonds is 6. The minimum Gasteiger partial charge on any atom is -0.352 e. The molecule has 2 aliphatic heterocycles. The Labute approximate surface area is 207 Å². The summed E-state index contributed by atoms with van der Waals surface area (Å²) in [4.78, 5) is 16.1. The monoisotopic (exact) mass is 497 g/mol. The fraction of sp³-hybridized carbons (Fsp3) is 0.500. The second kappa shape index (κ2) is 10.4. The molecule has 35 heavy (non-hydrogen) atoms. The largest absolute Gasteiger partial charge is 0.352 e. The first kappa shape index (κ1) is 24.4. The lowest BCUT2D eigenvalue weighted by Gasteiger charge is -2.37. The van der Waals surface area contributed by atoms with Crippen LogP contribution in [0.3, 0.4) is 0 Å². The lowest BCUT2D eigenvalue weighted by Crippen LogP contribution is -2.49. The number of sulfonamides is 1. The maximum atomic E-state index is 13.6. The first-order valence-electron chi connectivity index (χ1n) is 12.6. The summed E-state index contributed by atoms with van der Waals surface area (Å²) in [6.45, 7) is 1.89. The van der Waals surface area contributed by atoms with Crippen molar-refractivity contribution in [2.24, 2.45) is 11.1 Å². The number of nitrogens with one attached hydrogen (secondary N) is 3. The van der Waals surface area contributed by atoms with E-state index < -0.39 is 10.0 Å². The molecule has 5 N–H and O–H groups in total. The van der Waals surface area contributed by atoms with E-state index in [9.17, 15) is 13.2 Å². The Balaban J connectivity index is 1.31. The molecule has 2 aromatic carbocycles. The van der Waals surface area contributed by atoms with Gasteiger partial charge in [-0.15, -0.1) is 0 Å². The normalized spacial score (nSPS) is 28.3. The highest BCUT2D eigenvalue weighted by atomic mass is 32.2. The summed E-state index contributed by atoms with van der Waals surface area (Å²) >= 11 is 0. The van der Waals surface area contributed by atoms with Gasteiger partial charge in [0.15, 0.2) is 0 Å². The van der Waals surface area contributed by atoms with Crippen molar-refractivity contribution in [2.45, 2.75) is 67.6 Å². The second-order valence-corrected chi connectivity index (χ2v) is 11.6. The molecule has 1 saturated carbocycles. The lowest BCUT2D eigenvalue weighted by molar-refractivity contribution is -0.128. The summed E-state index contributed by atoms with van der Waals surface area (Å²) in [6.07, 6.45) is 6.14. The van der Waals surface area contributed by atoms with E-state index in [4.69, 9.17) is 5.14 Å². The van der Waals surface area contributed by atoms with Crippen LogP contribution in [0.5, 0.6) is 0 Å². The number of likely N-dealkylation sites (tertiary alicyclic amines) is 1. The number of primary sulfonamides is 1. The van der Waals surface area contributed by atoms with Gasteiger partial charge in [0.2, 0.25) is 15.9 Å². The standard InChI is InChI=1S/C26H35N5O3S/c27-35(33,34)21-11-7-10-19(16-21)24-22-17-20(12-13-23(22)29-30-24)28-26(32)25(18-8-3-1-4-9-18)31-14-5-2-6-15-31/h1,3-4,7-11,16,20,22-25,29-30H,2,5-6,12-15,17H2,(H,28,32)(H2,27,33,34). The third-order valence-corrected chi connectivity index (χ3v) is 8.67. The third kappa shape index (κ3) is 5.44. The summed E-state index contributed by atoms with van der Waals surface area (Å²) in [5, 5.41) is 8.74. The molecule has 188 valence electrons. The summed E-state index contributed by atoms with van der Waals surface area (Å²) in [6, 6.07) is 17.0. The molecular formula is C26H35N5O3S. The van der Waals surface area contributed by atoms with Gasteiger partial charge in [-0.3, -0.25) is 15.1 Å². The molecular weight excluding hydrogens is 462 g/mol. The SMILES string of the molecule is NS(=O)(=O)c1cccc(C2NNC3CCC(NC(=O)C(c4ccccc4)N4CCCCC4)CC32)c1. The first-order chi connectivity index (χ1) is 16.9. The molecule has 1 aliphatic carbocycles. The molecule has 5 unspecified atom stereocenters. The van der Waals surface area contributed by atoms with Gasteiger partial charge < -0.3 is 5.32 Å². The predicted molar refractivity (Wildman–Crippen MR) is 134 cm³/mol. The minimum atomic E-state index is -3.77. The molecule has 3 fully saturated rings. The van der Waals surface area contributed by atoms with Gasteiger partial charge in [-0.25, -0.2) is 19.0 Å². The second-order valence-electron chi connectivity index (χ2n) is 10.1. The fourth-order valence-electron chi connectivity index (χ4n) is 6.02. The van der Waals surface area contributed by atoms with Crippen molar-refractivity contribution in [2.75, 3.05) is 13.1 Å². The summed E-state index contributed by atoms with van der Waals surface area (Å²) in [5.41, 5.74) is 8.68. The highest BCUT2D eigenvalue weighted by Gasteiger charge is 2.42. The number of nitrogens with two attached hydrogens (primary N) is 1. The third-order valence-electron chi connectivity index (χ3n) is 7.76. The molecule has 2 aromatic rings. The van der Waals surface area contributed by atoms with Gasteiger partial charge in [0.25, 0.3) is 0 Å². The van der Waals surface area contributed by atoms with Crippen molar-refractivity contribution in [3.63, 3.8) is 0 Å². The Bertz CT molecular complexity index is 1140. The van der Waals surface area contributed by atoms with Crippen molar-refractivity contribution in [3.05, 3.63) is 65.7 Å². The van der Waals surface area contributed by atoms with Crippen LogP contribution in [0.4, 0.5) is 0 Å². The topological polar surface area (TPSA) is 117 Å². The van der Waals surface area contributed by atoms with Crippen LogP contribution in [-0.4, -0.2) is 44.4 Å². The molecule has 2 saturated heterocycles. The maximum Gasteiger partial charge on any atom is 0.242 e. The number of carbonyl (C=O) groups excluding carboxylic acids is 1. The van der Waals surface area contributed by atoms with Crippen LogP contribution in [0.15, 0.2) is 59.5 Å². The Hall–Kier alpha value is -2.30. The van der Waals surface area contributed by atoms with E-state index in [0.29, 0.717) is 0 Å². The molecule has 0 spiro atoms. The summed E-state index contributed by atoms with van der Waals surface area (Å²) in [5.74, 6) is 0.308. The molecule has 2 heterocycles. The number of benzene rings is 2. The Morgan fingerprint density at radius 1 is 1.00 bits per heavy atom. The van der Waals surface area contributed by atoms with Crippen molar-refractivity contribution >= 4 is 15.9 Å². The number of piperidine rings is 1. The molecule has 9 heteroatoms. The van der Waals surface area contributed by atoms with Gasteiger partial charge in [0.05, 0.1) is 10.9 Å². The van der Waals surface area contributed by atoms with Crippen LogP contribution < -0.4 is 21.3 Å². The summed E-state index contributed by atoms with van der Waals surface area (Å²) < 4.78 is 23.7. The zero-order valence-corrected chi connectivity index (χ0v) is 20.7. The van der Waals surface area contributed by atoms with Gasteiger partial charge in [-0.2, -0.15) is 0 Å². The van der Waals surface area contributed by atoms with Gasteiger partial charge in [0, 0.05) is 12.1 Å². The van der Waals surface area contributed by atoms with Crippen LogP contribution in [-0.2, 0) is 14.8 Å². The zero-order chi connectivity index (χ0) is 24.4. The smallest absolute Gasteiger partial charge is 0.242 e. The average Bonchev–Trinajstić information content (AvgIpc) is 3.28. The minimum absolute atomic E-state index is 0.0478. The Kier molecular flexibility index (Phi) is 7.22. The van der Waals surface area contributed by atoms with E-state index in [0.717, 1.165) is 56.3 Å². The van der Waals surface area contributed by atoms with Crippen LogP contribution in [0.2, 0.25) is 0 Å². The number of hydrazine groups is 1. The van der Waals surface area contributed by atoms with E-state index in [-0.39, 0.29) is 40.9 Å². The number of carbonyl (C=O) groups is 1. The molecule has 5 rings (SSSR count). The van der Waals surface area contributed by atoms with Crippen molar-refractivity contribution in [1.82, 2.24) is 21.1 Å². The van der Waals surface area contributed by atoms with Crippen LogP contribution in [0.1, 0.15) is 61.7 Å². The molecule has 8 nitrogen and oxygen atoms in total. The number of fused-ring (bicyclic) bond motifs is 1. The molecule has 3 aliphatic rings. The van der Waals surface area contributed by atoms with Crippen LogP contribution >= 0.6 is 0 Å². The predicted octanol–water partition coefficient (Wildman–Crippen LogP) is 2.36. The van der Waals surface area contributed by atoms with Crippen LogP contribution in [0, 0.1) is 5.92 Å². The number of hydrogen-bond donors (Lipinski definition) is 4. The Morgan fingerprint density at radius 2 is 1.77 bits per heavy atom. The molecule has 0 aromatic heterocycles. The van der Waals surface area contributed by atoms with Crippen LogP contribution in [0.25, 0.3) is 0 Å². The molecule has 0 radical (unpaired) electrons. The van der Waals surface area contributed by atoms with Crippen molar-refractivity contribution in [1.29, 1.82) is 0 Å². The van der Waals surface area contributed by atoms with E-state index in [2.05, 4.69) is 33.2 Å². The highest BCUT2D eigenvalue weighted by molar-refractivity contribution is 7.89. The summed E-state index contributed by atoms with van der Waals surface area (Å²) in [7, 11) is -3.77. The number of amides is 1. The maximum absolute atomic E-state index is 13.6. The zero-order valence-electron chi connectivity index (χ0n) is 19.9. The number of hydrogen-bond acceptors (Lipinski definition) is 6. The highest BCUT2D eigenvalue weighted by Crippen LogP contribution is 2.39. The van der Waals surface area contributed by atoms with Gasteiger partial charge in [-0.05, 0) is 74.4 Å². The van der Waals surface area contributed by atoms with Crippen molar-refractivity contribution in [3.8, 4) is 0 Å². The van der Waals surface area contributed by atoms with Gasteiger partial charge in [-0.1, -0.05) is 48.9 Å². The van der Waals surface area contributed by atoms with E-state index in [1.165, 1.54) is 12.5 Å². The molecule has 0 bridgehead atoms. The molecule has 5 atom stereocenters. The Morgan fingerprint density at radius 3 is 2.51 bits per heavy atom. The van der Waals surface area contributed by atoms with Gasteiger partial charge in [0.1, 0.15) is 6.04 Å². The van der Waals surface area contributed by atoms with Gasteiger partial charge >= 0.3 is 0 Å². The quantitative estimate of drug-likeness (QED) is 0.487. The molecule has 1 amide bonds.